The van der Waals surface area contributed by atoms with Gasteiger partial charge in [0.1, 0.15) is 11.2 Å². The molecule has 5 aromatic carbocycles. The molecule has 0 spiro atoms. The number of fused-ring (bicyclic) bond motifs is 8. The summed E-state index contributed by atoms with van der Waals surface area (Å²) in [5, 5.41) is 6.75. The van der Waals surface area contributed by atoms with Gasteiger partial charge in [-0.25, -0.2) is 4.98 Å². The van der Waals surface area contributed by atoms with Crippen LogP contribution in [0, 0.1) is 0 Å². The number of benzene rings is 5. The van der Waals surface area contributed by atoms with Gasteiger partial charge in [-0.15, -0.1) is 0 Å². The van der Waals surface area contributed by atoms with Crippen LogP contribution in [-0.4, -0.2) is 9.97 Å². The first-order valence-electron chi connectivity index (χ1n) is 12.4. The molecule has 3 nitrogen and oxygen atoms in total. The predicted molar refractivity (Wildman–Crippen MR) is 153 cm³/mol. The van der Waals surface area contributed by atoms with Crippen molar-refractivity contribution in [3.05, 3.63) is 121 Å². The van der Waals surface area contributed by atoms with Crippen molar-refractivity contribution >= 4 is 54.5 Å². The lowest BCUT2D eigenvalue weighted by molar-refractivity contribution is 0.669. The minimum atomic E-state index is 0.902. The Kier molecular flexibility index (Phi) is 4.23. The Morgan fingerprint density at radius 3 is 2.24 bits per heavy atom. The largest absolute Gasteiger partial charge is 0.456 e. The quantitative estimate of drug-likeness (QED) is 0.235. The maximum atomic E-state index is 6.05. The number of hydrogen-bond acceptors (Lipinski definition) is 3. The first kappa shape index (κ1) is 20.2. The van der Waals surface area contributed by atoms with Crippen molar-refractivity contribution in [3.63, 3.8) is 0 Å². The van der Waals surface area contributed by atoms with Crippen molar-refractivity contribution in [2.45, 2.75) is 0 Å². The molecule has 3 heteroatoms. The first-order chi connectivity index (χ1) is 18.3. The maximum absolute atomic E-state index is 6.05. The van der Waals surface area contributed by atoms with E-state index in [0.717, 1.165) is 76.9 Å². The molecule has 3 heterocycles. The van der Waals surface area contributed by atoms with Gasteiger partial charge in [-0.1, -0.05) is 84.9 Å². The third-order valence-electron chi connectivity index (χ3n) is 7.29. The van der Waals surface area contributed by atoms with E-state index < -0.39 is 0 Å². The van der Waals surface area contributed by atoms with Crippen LogP contribution in [0.4, 0.5) is 0 Å². The van der Waals surface area contributed by atoms with E-state index >= 15 is 0 Å². The number of furan rings is 1. The summed E-state index contributed by atoms with van der Waals surface area (Å²) < 4.78 is 6.05. The van der Waals surface area contributed by atoms with E-state index in [1.165, 1.54) is 0 Å². The van der Waals surface area contributed by atoms with Crippen LogP contribution in [0.1, 0.15) is 0 Å². The molecule has 172 valence electrons. The van der Waals surface area contributed by atoms with Gasteiger partial charge < -0.3 is 4.42 Å². The maximum Gasteiger partial charge on any atom is 0.135 e. The summed E-state index contributed by atoms with van der Waals surface area (Å²) in [6, 6.07) is 40.0. The van der Waals surface area contributed by atoms with Crippen molar-refractivity contribution in [1.82, 2.24) is 9.97 Å². The lowest BCUT2D eigenvalue weighted by atomic mass is 9.95. The average molecular weight is 473 g/mol. The minimum absolute atomic E-state index is 0.902. The summed E-state index contributed by atoms with van der Waals surface area (Å²) >= 11 is 0. The van der Waals surface area contributed by atoms with Crippen LogP contribution in [-0.2, 0) is 0 Å². The van der Waals surface area contributed by atoms with Crippen molar-refractivity contribution in [2.75, 3.05) is 0 Å². The van der Waals surface area contributed by atoms with Crippen molar-refractivity contribution in [1.29, 1.82) is 0 Å². The Morgan fingerprint density at radius 1 is 0.514 bits per heavy atom. The SMILES string of the molecule is c1ccc(-c2nc3cc(-c4ccc5oc6ccccc6c5c4)ccc3c3c2ccc2cccnc23)cc1. The lowest BCUT2D eigenvalue weighted by Gasteiger charge is -2.13. The van der Waals surface area contributed by atoms with E-state index in [2.05, 4.69) is 91.0 Å². The summed E-state index contributed by atoms with van der Waals surface area (Å²) in [6.07, 6.45) is 1.87. The van der Waals surface area contributed by atoms with Gasteiger partial charge in [-0.3, -0.25) is 4.98 Å². The summed E-state index contributed by atoms with van der Waals surface area (Å²) in [4.78, 5) is 10.0. The molecule has 0 aliphatic carbocycles. The zero-order valence-corrected chi connectivity index (χ0v) is 19.8. The standard InChI is InChI=1S/C34H20N2O/c1-2-7-21(8-3-1)33-27-16-12-22-9-6-18-35-34(22)32(27)26-15-13-24(20-29(26)36-33)23-14-17-31-28(19-23)25-10-4-5-11-30(25)37-31/h1-20H. The van der Waals surface area contributed by atoms with Crippen LogP contribution >= 0.6 is 0 Å². The van der Waals surface area contributed by atoms with E-state index in [-0.39, 0.29) is 0 Å². The molecule has 0 atom stereocenters. The van der Waals surface area contributed by atoms with Crippen LogP contribution < -0.4 is 0 Å². The molecule has 0 amide bonds. The van der Waals surface area contributed by atoms with Gasteiger partial charge in [0, 0.05) is 44.1 Å². The summed E-state index contributed by atoms with van der Waals surface area (Å²) in [5.41, 5.74) is 8.11. The van der Waals surface area contributed by atoms with Crippen molar-refractivity contribution in [2.24, 2.45) is 0 Å². The molecule has 37 heavy (non-hydrogen) atoms. The molecule has 8 aromatic rings. The second-order valence-electron chi connectivity index (χ2n) is 9.43. The third-order valence-corrected chi connectivity index (χ3v) is 7.29. The molecule has 0 N–H and O–H groups in total. The molecule has 0 unspecified atom stereocenters. The Labute approximate surface area is 212 Å². The number of aromatic nitrogens is 2. The second kappa shape index (κ2) is 7.74. The van der Waals surface area contributed by atoms with Gasteiger partial charge in [0.25, 0.3) is 0 Å². The molecule has 0 bridgehead atoms. The summed E-state index contributed by atoms with van der Waals surface area (Å²) in [7, 11) is 0. The van der Waals surface area contributed by atoms with Gasteiger partial charge in [-0.05, 0) is 41.5 Å². The fourth-order valence-corrected chi connectivity index (χ4v) is 5.53. The summed E-state index contributed by atoms with van der Waals surface area (Å²) in [5.74, 6) is 0. The Balaban J connectivity index is 1.43. The van der Waals surface area contributed by atoms with E-state index in [1.807, 2.05) is 30.5 Å². The van der Waals surface area contributed by atoms with Gasteiger partial charge in [0.2, 0.25) is 0 Å². The van der Waals surface area contributed by atoms with Crippen LogP contribution in [0.2, 0.25) is 0 Å². The van der Waals surface area contributed by atoms with Gasteiger partial charge in [-0.2, -0.15) is 0 Å². The highest BCUT2D eigenvalue weighted by molar-refractivity contribution is 6.21. The van der Waals surface area contributed by atoms with Gasteiger partial charge in [0.05, 0.1) is 16.7 Å². The van der Waals surface area contributed by atoms with Crippen LogP contribution in [0.25, 0.3) is 76.9 Å². The Bertz CT molecular complexity index is 2140. The van der Waals surface area contributed by atoms with E-state index in [9.17, 15) is 0 Å². The molecular formula is C34H20N2O. The third kappa shape index (κ3) is 3.08. The molecule has 0 saturated carbocycles. The van der Waals surface area contributed by atoms with Crippen LogP contribution in [0.5, 0.6) is 0 Å². The molecule has 0 aliphatic rings. The van der Waals surface area contributed by atoms with Crippen LogP contribution in [0.15, 0.2) is 126 Å². The summed E-state index contributed by atoms with van der Waals surface area (Å²) in [6.45, 7) is 0. The smallest absolute Gasteiger partial charge is 0.135 e. The molecule has 3 aromatic heterocycles. The second-order valence-corrected chi connectivity index (χ2v) is 9.43. The highest BCUT2D eigenvalue weighted by Crippen LogP contribution is 2.38. The van der Waals surface area contributed by atoms with Crippen LogP contribution in [0.3, 0.4) is 0 Å². The topological polar surface area (TPSA) is 38.9 Å². The zero-order valence-electron chi connectivity index (χ0n) is 19.8. The predicted octanol–water partition coefficient (Wildman–Crippen LogP) is 9.17. The Hall–Kier alpha value is -5.02. The molecule has 0 saturated heterocycles. The Morgan fingerprint density at radius 2 is 1.30 bits per heavy atom. The minimum Gasteiger partial charge on any atom is -0.456 e. The lowest BCUT2D eigenvalue weighted by Crippen LogP contribution is -1.92. The van der Waals surface area contributed by atoms with Gasteiger partial charge >= 0.3 is 0 Å². The number of nitrogens with zero attached hydrogens (tertiary/aromatic N) is 2. The number of hydrogen-bond donors (Lipinski definition) is 0. The average Bonchev–Trinajstić information content (AvgIpc) is 3.34. The molecular weight excluding hydrogens is 452 g/mol. The first-order valence-corrected chi connectivity index (χ1v) is 12.4. The highest BCUT2D eigenvalue weighted by atomic mass is 16.3. The fourth-order valence-electron chi connectivity index (χ4n) is 5.53. The van der Waals surface area contributed by atoms with Gasteiger partial charge in [0.15, 0.2) is 0 Å². The molecule has 0 radical (unpaired) electrons. The fraction of sp³-hybridized carbons (Fsp3) is 0. The number of rotatable bonds is 2. The van der Waals surface area contributed by atoms with E-state index in [1.54, 1.807) is 0 Å². The number of para-hydroxylation sites is 1. The van der Waals surface area contributed by atoms with Crippen molar-refractivity contribution < 1.29 is 4.42 Å². The zero-order chi connectivity index (χ0) is 24.3. The highest BCUT2D eigenvalue weighted by Gasteiger charge is 2.15. The molecule has 8 rings (SSSR count). The van der Waals surface area contributed by atoms with E-state index in [4.69, 9.17) is 14.4 Å². The monoisotopic (exact) mass is 472 g/mol. The molecule has 0 fully saturated rings. The number of pyridine rings is 2. The normalized spacial score (nSPS) is 11.8. The van der Waals surface area contributed by atoms with Crippen molar-refractivity contribution in [3.8, 4) is 22.4 Å². The molecule has 0 aliphatic heterocycles. The van der Waals surface area contributed by atoms with E-state index in [0.29, 0.717) is 0 Å².